The largest absolute Gasteiger partial charge is 0.313 e. The van der Waals surface area contributed by atoms with E-state index in [4.69, 9.17) is 0 Å². The normalized spacial score (nSPS) is 13.0. The summed E-state index contributed by atoms with van der Waals surface area (Å²) in [7, 11) is 0. The Kier molecular flexibility index (Phi) is 6.88. The van der Waals surface area contributed by atoms with E-state index in [2.05, 4.69) is 163 Å². The highest BCUT2D eigenvalue weighted by Crippen LogP contribution is 2.39. The molecule has 2 aliphatic rings. The summed E-state index contributed by atoms with van der Waals surface area (Å²) in [5, 5.41) is 0. The third kappa shape index (κ3) is 4.62. The van der Waals surface area contributed by atoms with Gasteiger partial charge in [0.1, 0.15) is 0 Å². The van der Waals surface area contributed by atoms with Crippen LogP contribution in [0, 0.1) is 55.4 Å². The van der Waals surface area contributed by atoms with Crippen molar-refractivity contribution in [2.24, 2.45) is 0 Å². The Balaban J connectivity index is 1.56. The molecule has 0 saturated carbocycles. The van der Waals surface area contributed by atoms with Crippen LogP contribution in [0.2, 0.25) is 0 Å². The smallest absolute Gasteiger partial charge is 0.247 e. The van der Waals surface area contributed by atoms with E-state index in [-0.39, 0.29) is 13.4 Å². The fourth-order valence-electron chi connectivity index (χ4n) is 8.98. The first-order chi connectivity index (χ1) is 22.6. The molecule has 6 aromatic rings. The molecular weight excluding hydrogens is 564 g/mol. The van der Waals surface area contributed by atoms with Crippen LogP contribution < -0.4 is 37.7 Å². The fourth-order valence-corrected chi connectivity index (χ4v) is 8.98. The lowest BCUT2D eigenvalue weighted by Gasteiger charge is -2.45. The van der Waals surface area contributed by atoms with Crippen molar-refractivity contribution in [1.29, 1.82) is 0 Å². The molecule has 0 amide bonds. The molecule has 1 nitrogen and oxygen atoms in total. The first kappa shape index (κ1) is 29.6. The molecule has 0 aliphatic carbocycles. The maximum absolute atomic E-state index is 2.62. The van der Waals surface area contributed by atoms with Gasteiger partial charge in [0, 0.05) is 17.1 Å². The third-order valence-corrected chi connectivity index (χ3v) is 10.7. The molecule has 0 bridgehead atoms. The Labute approximate surface area is 281 Å². The zero-order chi connectivity index (χ0) is 32.7. The molecule has 8 rings (SSSR count). The van der Waals surface area contributed by atoms with Crippen LogP contribution in [0.25, 0.3) is 11.1 Å². The minimum Gasteiger partial charge on any atom is -0.313 e. The minimum absolute atomic E-state index is 0.118. The van der Waals surface area contributed by atoms with Crippen LogP contribution in [-0.2, 0) is 0 Å². The number of hydrogen-bond acceptors (Lipinski definition) is 1. The Morgan fingerprint density at radius 1 is 0.383 bits per heavy atom. The van der Waals surface area contributed by atoms with Gasteiger partial charge in [-0.25, -0.2) is 0 Å². The van der Waals surface area contributed by atoms with E-state index in [1.807, 2.05) is 0 Å². The lowest BCUT2D eigenvalue weighted by molar-refractivity contribution is 1.27. The maximum atomic E-state index is 2.62. The number of anilines is 3. The Morgan fingerprint density at radius 2 is 0.809 bits per heavy atom. The standard InChI is InChI=1S/C44H41B2N/c1-26-14-16-36-40(22-26)47-41-23-27(2)15-17-37(41)46(43-32(7)20-29(4)21-33(43)8)39-25-35(34-12-10-9-11-13-34)24-38(44(39)47)45(36)42-30(5)18-28(3)19-31(42)6/h9-25H,1-8H3. The zero-order valence-corrected chi connectivity index (χ0v) is 28.9. The van der Waals surface area contributed by atoms with Crippen LogP contribution in [0.4, 0.5) is 17.1 Å². The number of fused-ring (bicyclic) bond motifs is 4. The van der Waals surface area contributed by atoms with Gasteiger partial charge in [-0.2, -0.15) is 0 Å². The molecule has 0 spiro atoms. The molecular formula is C44H41B2N. The second-order valence-corrected chi connectivity index (χ2v) is 14.3. The maximum Gasteiger partial charge on any atom is 0.247 e. The fraction of sp³-hybridized carbons (Fsp3) is 0.182. The summed E-state index contributed by atoms with van der Waals surface area (Å²) >= 11 is 0. The molecule has 0 aromatic heterocycles. The van der Waals surface area contributed by atoms with Crippen LogP contribution in [0.1, 0.15) is 44.5 Å². The van der Waals surface area contributed by atoms with Gasteiger partial charge in [-0.15, -0.1) is 0 Å². The summed E-state index contributed by atoms with van der Waals surface area (Å²) in [4.78, 5) is 2.62. The van der Waals surface area contributed by atoms with Crippen molar-refractivity contribution in [3.63, 3.8) is 0 Å². The van der Waals surface area contributed by atoms with Gasteiger partial charge in [0.15, 0.2) is 0 Å². The molecule has 0 N–H and O–H groups in total. The molecule has 2 heterocycles. The summed E-state index contributed by atoms with van der Waals surface area (Å²) in [6.07, 6.45) is 0. The molecule has 0 unspecified atom stereocenters. The average molecular weight is 605 g/mol. The third-order valence-electron chi connectivity index (χ3n) is 10.7. The van der Waals surface area contributed by atoms with Gasteiger partial charge in [-0.05, 0) is 112 Å². The first-order valence-corrected chi connectivity index (χ1v) is 17.0. The molecule has 2 aliphatic heterocycles. The number of nitrogens with zero attached hydrogens (tertiary/aromatic N) is 1. The summed E-state index contributed by atoms with van der Waals surface area (Å²) in [6.45, 7) is 18.4. The van der Waals surface area contributed by atoms with E-state index in [0.29, 0.717) is 0 Å². The molecule has 228 valence electrons. The van der Waals surface area contributed by atoms with Crippen LogP contribution in [0.3, 0.4) is 0 Å². The number of rotatable bonds is 3. The van der Waals surface area contributed by atoms with Gasteiger partial charge >= 0.3 is 0 Å². The average Bonchev–Trinajstić information content (AvgIpc) is 3.02. The van der Waals surface area contributed by atoms with Crippen molar-refractivity contribution in [1.82, 2.24) is 0 Å². The molecule has 0 saturated heterocycles. The molecule has 6 aromatic carbocycles. The zero-order valence-electron chi connectivity index (χ0n) is 28.9. The van der Waals surface area contributed by atoms with Crippen LogP contribution in [0.15, 0.2) is 103 Å². The van der Waals surface area contributed by atoms with E-state index in [9.17, 15) is 0 Å². The highest BCUT2D eigenvalue weighted by molar-refractivity contribution is 7.02. The number of hydrogen-bond donors (Lipinski definition) is 0. The van der Waals surface area contributed by atoms with Gasteiger partial charge in [0.05, 0.1) is 0 Å². The second kappa shape index (κ2) is 10.9. The number of aryl methyl sites for hydroxylation is 8. The summed E-state index contributed by atoms with van der Waals surface area (Å²) < 4.78 is 0. The first-order valence-electron chi connectivity index (χ1n) is 17.0. The van der Waals surface area contributed by atoms with E-state index in [0.717, 1.165) is 0 Å². The van der Waals surface area contributed by atoms with E-state index in [1.165, 1.54) is 105 Å². The topological polar surface area (TPSA) is 3.24 Å². The Morgan fingerprint density at radius 3 is 1.23 bits per heavy atom. The Hall–Kier alpha value is -4.75. The van der Waals surface area contributed by atoms with Crippen LogP contribution in [-0.4, -0.2) is 13.4 Å². The minimum atomic E-state index is 0.118. The van der Waals surface area contributed by atoms with Crippen LogP contribution >= 0.6 is 0 Å². The van der Waals surface area contributed by atoms with E-state index < -0.39 is 0 Å². The SMILES string of the molecule is Cc1cc(C)c(B2c3ccc(C)cc3N3c4cc(C)ccc4B(c4c(C)cc(C)cc4C)c4cc(-c5ccccc5)cc2c43)c(C)c1. The molecule has 0 fully saturated rings. The van der Waals surface area contributed by atoms with E-state index in [1.54, 1.807) is 0 Å². The van der Waals surface area contributed by atoms with Gasteiger partial charge < -0.3 is 4.90 Å². The van der Waals surface area contributed by atoms with Crippen molar-refractivity contribution in [2.75, 3.05) is 4.90 Å². The van der Waals surface area contributed by atoms with Gasteiger partial charge in [0.25, 0.3) is 0 Å². The second-order valence-electron chi connectivity index (χ2n) is 14.3. The monoisotopic (exact) mass is 605 g/mol. The van der Waals surface area contributed by atoms with Gasteiger partial charge in [-0.1, -0.05) is 135 Å². The lowest BCUT2D eigenvalue weighted by Crippen LogP contribution is -2.66. The summed E-state index contributed by atoms with van der Waals surface area (Å²) in [6, 6.07) is 39.8. The van der Waals surface area contributed by atoms with E-state index >= 15 is 0 Å². The molecule has 3 heteroatoms. The Bertz CT molecular complexity index is 2060. The van der Waals surface area contributed by atoms with Crippen molar-refractivity contribution < 1.29 is 0 Å². The predicted octanol–water partition coefficient (Wildman–Crippen LogP) is 6.95. The molecule has 0 radical (unpaired) electrons. The summed E-state index contributed by atoms with van der Waals surface area (Å²) in [5.74, 6) is 0. The van der Waals surface area contributed by atoms with Gasteiger partial charge in [-0.3, -0.25) is 0 Å². The van der Waals surface area contributed by atoms with Crippen LogP contribution in [0.5, 0.6) is 0 Å². The quantitative estimate of drug-likeness (QED) is 0.197. The van der Waals surface area contributed by atoms with Gasteiger partial charge in [0.2, 0.25) is 13.4 Å². The lowest BCUT2D eigenvalue weighted by atomic mass is 9.29. The predicted molar refractivity (Wildman–Crippen MR) is 207 cm³/mol. The van der Waals surface area contributed by atoms with Crippen molar-refractivity contribution in [3.05, 3.63) is 148 Å². The summed E-state index contributed by atoms with van der Waals surface area (Å²) in [5.41, 5.74) is 25.6. The number of benzene rings is 6. The van der Waals surface area contributed by atoms with Crippen molar-refractivity contribution in [2.45, 2.75) is 55.4 Å². The highest BCUT2D eigenvalue weighted by Gasteiger charge is 2.45. The molecule has 47 heavy (non-hydrogen) atoms. The van der Waals surface area contributed by atoms with Crippen molar-refractivity contribution >= 4 is 63.3 Å². The van der Waals surface area contributed by atoms with Crippen molar-refractivity contribution in [3.8, 4) is 11.1 Å². The molecule has 0 atom stereocenters. The highest BCUT2D eigenvalue weighted by atomic mass is 15.2.